The van der Waals surface area contributed by atoms with Gasteiger partial charge >= 0.3 is 0 Å². The highest BCUT2D eigenvalue weighted by molar-refractivity contribution is 7.99. The zero-order valence-corrected chi connectivity index (χ0v) is 16.9. The van der Waals surface area contributed by atoms with E-state index in [1.54, 1.807) is 16.0 Å². The smallest absolute Gasteiger partial charge is 0.230 e. The average molecular weight is 402 g/mol. The van der Waals surface area contributed by atoms with Crippen molar-refractivity contribution >= 4 is 29.0 Å². The van der Waals surface area contributed by atoms with Crippen molar-refractivity contribution in [2.24, 2.45) is 0 Å². The minimum Gasteiger partial charge on any atom is -0.355 e. The van der Waals surface area contributed by atoms with Crippen molar-refractivity contribution in [1.29, 1.82) is 0 Å². The van der Waals surface area contributed by atoms with Crippen molar-refractivity contribution in [3.63, 3.8) is 0 Å². The first-order valence-electron chi connectivity index (χ1n) is 8.99. The minimum absolute atomic E-state index is 0.00203. The molecule has 0 aliphatic rings. The van der Waals surface area contributed by atoms with Gasteiger partial charge in [-0.05, 0) is 33.9 Å². The van der Waals surface area contributed by atoms with E-state index in [2.05, 4.69) is 51.3 Å². The van der Waals surface area contributed by atoms with E-state index >= 15 is 0 Å². The summed E-state index contributed by atoms with van der Waals surface area (Å²) in [6, 6.07) is 14.4. The molecular formula is C19H23N5OS2. The number of nitrogens with one attached hydrogen (secondary N) is 1. The number of hydrogen-bond acceptors (Lipinski definition) is 6. The van der Waals surface area contributed by atoms with E-state index in [1.807, 2.05) is 24.3 Å². The molecule has 142 valence electrons. The molecule has 3 aromatic rings. The number of benzene rings is 1. The third kappa shape index (κ3) is 5.90. The van der Waals surface area contributed by atoms with Gasteiger partial charge in [0.25, 0.3) is 0 Å². The third-order valence-electron chi connectivity index (χ3n) is 4.29. The quantitative estimate of drug-likeness (QED) is 0.527. The topological polar surface area (TPSA) is 72.7 Å². The van der Waals surface area contributed by atoms with Gasteiger partial charge < -0.3 is 5.32 Å². The lowest BCUT2D eigenvalue weighted by atomic mass is 9.96. The molecule has 0 aliphatic carbocycles. The predicted octanol–water partition coefficient (Wildman–Crippen LogP) is 3.38. The first-order valence-corrected chi connectivity index (χ1v) is 10.9. The Bertz CT molecular complexity index is 820. The van der Waals surface area contributed by atoms with Crippen LogP contribution in [0.4, 0.5) is 0 Å². The van der Waals surface area contributed by atoms with Gasteiger partial charge in [0.05, 0.1) is 12.3 Å². The fraction of sp³-hybridized carbons (Fsp3) is 0.368. The molecule has 0 spiro atoms. The van der Waals surface area contributed by atoms with Gasteiger partial charge in [-0.1, -0.05) is 55.1 Å². The predicted molar refractivity (Wildman–Crippen MR) is 109 cm³/mol. The van der Waals surface area contributed by atoms with E-state index in [1.165, 1.54) is 22.2 Å². The Kier molecular flexibility index (Phi) is 7.41. The molecule has 2 aromatic heterocycles. The number of tetrazole rings is 1. The molecule has 1 aromatic carbocycles. The molecule has 1 amide bonds. The molecule has 1 unspecified atom stereocenters. The van der Waals surface area contributed by atoms with Gasteiger partial charge in [0.2, 0.25) is 11.1 Å². The Hall–Kier alpha value is -2.19. The molecule has 8 heteroatoms. The fourth-order valence-electron chi connectivity index (χ4n) is 2.75. The molecule has 3 rings (SSSR count). The summed E-state index contributed by atoms with van der Waals surface area (Å²) in [6.45, 7) is 3.49. The standard InChI is InChI=1S/C19H23N5OS2/c1-2-15(16-7-4-3-5-8-16)13-20-18(25)14-27-19-21-22-23-24(19)11-10-17-9-6-12-26-17/h3-9,12,15H,2,10-11,13-14H2,1H3,(H,20,25). The van der Waals surface area contributed by atoms with Gasteiger partial charge in [-0.15, -0.1) is 16.4 Å². The van der Waals surface area contributed by atoms with Crippen molar-refractivity contribution in [3.05, 3.63) is 58.3 Å². The van der Waals surface area contributed by atoms with Crippen LogP contribution in [0.15, 0.2) is 53.0 Å². The highest BCUT2D eigenvalue weighted by Crippen LogP contribution is 2.19. The summed E-state index contributed by atoms with van der Waals surface area (Å²) >= 11 is 3.10. The highest BCUT2D eigenvalue weighted by atomic mass is 32.2. The Morgan fingerprint density at radius 2 is 2.11 bits per heavy atom. The maximum absolute atomic E-state index is 12.2. The molecule has 0 radical (unpaired) electrons. The molecule has 0 saturated carbocycles. The molecule has 0 aliphatic heterocycles. The Morgan fingerprint density at radius 3 is 2.85 bits per heavy atom. The van der Waals surface area contributed by atoms with Crippen molar-refractivity contribution < 1.29 is 4.79 Å². The number of hydrogen-bond donors (Lipinski definition) is 1. The number of aromatic nitrogens is 4. The zero-order valence-electron chi connectivity index (χ0n) is 15.2. The van der Waals surface area contributed by atoms with Crippen LogP contribution in [0.25, 0.3) is 0 Å². The van der Waals surface area contributed by atoms with Gasteiger partial charge in [0.1, 0.15) is 0 Å². The van der Waals surface area contributed by atoms with E-state index < -0.39 is 0 Å². The maximum atomic E-state index is 12.2. The molecule has 6 nitrogen and oxygen atoms in total. The summed E-state index contributed by atoms with van der Waals surface area (Å²) in [4.78, 5) is 13.5. The van der Waals surface area contributed by atoms with Crippen LogP contribution in [-0.4, -0.2) is 38.4 Å². The largest absolute Gasteiger partial charge is 0.355 e. The van der Waals surface area contributed by atoms with Gasteiger partial charge in [-0.2, -0.15) is 0 Å². The van der Waals surface area contributed by atoms with Crippen molar-refractivity contribution in [2.45, 2.75) is 37.4 Å². The van der Waals surface area contributed by atoms with Crippen LogP contribution in [0.1, 0.15) is 29.7 Å². The first-order chi connectivity index (χ1) is 13.3. The lowest BCUT2D eigenvalue weighted by Crippen LogP contribution is -2.29. The Morgan fingerprint density at radius 1 is 1.26 bits per heavy atom. The minimum atomic E-state index is 0.00203. The lowest BCUT2D eigenvalue weighted by Gasteiger charge is -2.16. The van der Waals surface area contributed by atoms with Crippen molar-refractivity contribution in [1.82, 2.24) is 25.5 Å². The third-order valence-corrected chi connectivity index (χ3v) is 6.18. The highest BCUT2D eigenvalue weighted by Gasteiger charge is 2.13. The summed E-state index contributed by atoms with van der Waals surface area (Å²) in [5, 5.41) is 17.6. The van der Waals surface area contributed by atoms with Crippen LogP contribution in [0.5, 0.6) is 0 Å². The SMILES string of the molecule is CCC(CNC(=O)CSc1nnnn1CCc1cccs1)c1ccccc1. The molecule has 27 heavy (non-hydrogen) atoms. The van der Waals surface area contributed by atoms with Crippen LogP contribution in [0, 0.1) is 0 Å². The van der Waals surface area contributed by atoms with E-state index in [0.717, 1.165) is 12.8 Å². The van der Waals surface area contributed by atoms with Gasteiger partial charge in [-0.3, -0.25) is 4.79 Å². The second-order valence-corrected chi connectivity index (χ2v) is 8.10. The zero-order chi connectivity index (χ0) is 18.9. The molecule has 0 fully saturated rings. The summed E-state index contributed by atoms with van der Waals surface area (Å²) in [6.07, 6.45) is 1.87. The van der Waals surface area contributed by atoms with E-state index in [9.17, 15) is 4.79 Å². The second kappa shape index (κ2) is 10.2. The summed E-state index contributed by atoms with van der Waals surface area (Å²) in [7, 11) is 0. The van der Waals surface area contributed by atoms with Crippen molar-refractivity contribution in [3.8, 4) is 0 Å². The van der Waals surface area contributed by atoms with E-state index in [0.29, 0.717) is 29.9 Å². The maximum Gasteiger partial charge on any atom is 0.230 e. The van der Waals surface area contributed by atoms with Crippen LogP contribution < -0.4 is 5.32 Å². The molecular weight excluding hydrogens is 378 g/mol. The monoisotopic (exact) mass is 401 g/mol. The van der Waals surface area contributed by atoms with Crippen LogP contribution in [-0.2, 0) is 17.8 Å². The van der Waals surface area contributed by atoms with Crippen LogP contribution in [0.3, 0.4) is 0 Å². The van der Waals surface area contributed by atoms with Crippen LogP contribution >= 0.6 is 23.1 Å². The molecule has 2 heterocycles. The first kappa shape index (κ1) is 19.6. The fourth-order valence-corrected chi connectivity index (χ4v) is 4.18. The number of thioether (sulfide) groups is 1. The van der Waals surface area contributed by atoms with E-state index in [4.69, 9.17) is 0 Å². The second-order valence-electron chi connectivity index (χ2n) is 6.12. The number of carbonyl (C=O) groups excluding carboxylic acids is 1. The van der Waals surface area contributed by atoms with Gasteiger partial charge in [0, 0.05) is 23.8 Å². The lowest BCUT2D eigenvalue weighted by molar-refractivity contribution is -0.118. The Balaban J connectivity index is 1.44. The number of amides is 1. The average Bonchev–Trinajstić information content (AvgIpc) is 3.37. The van der Waals surface area contributed by atoms with Crippen LogP contribution in [0.2, 0.25) is 0 Å². The Labute approximate surface area is 167 Å². The summed E-state index contributed by atoms with van der Waals surface area (Å²) < 4.78 is 1.76. The summed E-state index contributed by atoms with van der Waals surface area (Å²) in [5.74, 6) is 0.642. The number of nitrogens with zero attached hydrogens (tertiary/aromatic N) is 4. The molecule has 0 bridgehead atoms. The number of aryl methyl sites for hydroxylation is 2. The number of rotatable bonds is 10. The van der Waals surface area contributed by atoms with E-state index in [-0.39, 0.29) is 5.91 Å². The molecule has 1 N–H and O–H groups in total. The molecule has 0 saturated heterocycles. The number of carbonyl (C=O) groups is 1. The van der Waals surface area contributed by atoms with Gasteiger partial charge in [-0.25, -0.2) is 4.68 Å². The normalized spacial score (nSPS) is 12.0. The molecule has 1 atom stereocenters. The number of thiophene rings is 1. The summed E-state index contributed by atoms with van der Waals surface area (Å²) in [5.41, 5.74) is 1.26. The van der Waals surface area contributed by atoms with Gasteiger partial charge in [0.15, 0.2) is 0 Å². The van der Waals surface area contributed by atoms with Crippen molar-refractivity contribution in [2.75, 3.05) is 12.3 Å².